The summed E-state index contributed by atoms with van der Waals surface area (Å²) in [4.78, 5) is 13.5. The maximum Gasteiger partial charge on any atom is 0.348 e. The molecule has 2 aromatic rings. The summed E-state index contributed by atoms with van der Waals surface area (Å²) in [6, 6.07) is 13.6. The zero-order valence-electron chi connectivity index (χ0n) is 11.3. The van der Waals surface area contributed by atoms with Crippen molar-refractivity contribution in [2.75, 3.05) is 12.0 Å². The van der Waals surface area contributed by atoms with Gasteiger partial charge in [-0.2, -0.15) is 0 Å². The van der Waals surface area contributed by atoms with Gasteiger partial charge >= 0.3 is 5.24 Å². The van der Waals surface area contributed by atoms with Gasteiger partial charge in [-0.15, -0.1) is 0 Å². The van der Waals surface area contributed by atoms with E-state index >= 15 is 0 Å². The van der Waals surface area contributed by atoms with Crippen LogP contribution < -0.4 is 9.64 Å². The molecular formula is C15H13NO4S. The number of nitrogens with zero attached hydrogens (tertiary/aromatic N) is 1. The summed E-state index contributed by atoms with van der Waals surface area (Å²) in [6.07, 6.45) is 0. The smallest absolute Gasteiger partial charge is 0.348 e. The van der Waals surface area contributed by atoms with Crippen molar-refractivity contribution in [3.8, 4) is 5.75 Å². The molecular weight excluding hydrogens is 290 g/mol. The third kappa shape index (κ3) is 2.17. The van der Waals surface area contributed by atoms with Crippen LogP contribution in [0.1, 0.15) is 5.56 Å². The SMILES string of the molecule is COc1ccc(CN2C(=O)S(=O)(=O)c3ccccc32)cc1. The van der Waals surface area contributed by atoms with E-state index in [0.717, 1.165) is 5.56 Å². The van der Waals surface area contributed by atoms with Gasteiger partial charge in [-0.25, -0.2) is 8.42 Å². The van der Waals surface area contributed by atoms with Gasteiger partial charge in [0.15, 0.2) is 0 Å². The molecule has 1 aliphatic heterocycles. The minimum atomic E-state index is -3.90. The van der Waals surface area contributed by atoms with Crippen molar-refractivity contribution in [3.05, 3.63) is 54.1 Å². The van der Waals surface area contributed by atoms with E-state index in [1.54, 1.807) is 49.6 Å². The van der Waals surface area contributed by atoms with E-state index < -0.39 is 15.1 Å². The quantitative estimate of drug-likeness (QED) is 0.874. The Kier molecular flexibility index (Phi) is 3.17. The molecule has 5 nitrogen and oxygen atoms in total. The standard InChI is InChI=1S/C15H13NO4S/c1-20-12-8-6-11(7-9-12)10-16-13-4-2-3-5-14(13)21(18,19)15(16)17/h2-9H,10H2,1H3. The number of anilines is 1. The fourth-order valence-corrected chi connectivity index (χ4v) is 3.66. The van der Waals surface area contributed by atoms with Gasteiger partial charge < -0.3 is 4.74 Å². The van der Waals surface area contributed by atoms with E-state index in [9.17, 15) is 13.2 Å². The molecule has 0 bridgehead atoms. The maximum absolute atomic E-state index is 12.1. The van der Waals surface area contributed by atoms with Gasteiger partial charge in [0, 0.05) is 0 Å². The first-order valence-corrected chi connectivity index (χ1v) is 7.81. The lowest BCUT2D eigenvalue weighted by atomic mass is 10.2. The molecule has 0 aromatic heterocycles. The van der Waals surface area contributed by atoms with Crippen molar-refractivity contribution in [1.82, 2.24) is 0 Å². The summed E-state index contributed by atoms with van der Waals surface area (Å²) >= 11 is 0. The monoisotopic (exact) mass is 303 g/mol. The second-order valence-corrected chi connectivity index (χ2v) is 6.47. The molecule has 0 saturated heterocycles. The molecule has 2 aromatic carbocycles. The zero-order chi connectivity index (χ0) is 15.0. The normalized spacial score (nSPS) is 15.9. The number of para-hydroxylation sites is 1. The molecule has 0 spiro atoms. The number of carbonyl (C=O) groups excluding carboxylic acids is 1. The van der Waals surface area contributed by atoms with Crippen LogP contribution in [-0.2, 0) is 16.4 Å². The predicted octanol–water partition coefficient (Wildman–Crippen LogP) is 2.61. The fourth-order valence-electron chi connectivity index (χ4n) is 2.31. The van der Waals surface area contributed by atoms with Crippen LogP contribution in [0.15, 0.2) is 53.4 Å². The first-order valence-electron chi connectivity index (χ1n) is 6.32. The molecule has 21 heavy (non-hydrogen) atoms. The first kappa shape index (κ1) is 13.6. The number of carbonyl (C=O) groups is 1. The Hall–Kier alpha value is -2.34. The van der Waals surface area contributed by atoms with Crippen molar-refractivity contribution in [1.29, 1.82) is 0 Å². The molecule has 0 radical (unpaired) electrons. The van der Waals surface area contributed by atoms with Crippen LogP contribution in [0.2, 0.25) is 0 Å². The average Bonchev–Trinajstić information content (AvgIpc) is 2.70. The third-order valence-electron chi connectivity index (χ3n) is 3.40. The fraction of sp³-hybridized carbons (Fsp3) is 0.133. The van der Waals surface area contributed by atoms with Crippen LogP contribution in [-0.4, -0.2) is 20.8 Å². The summed E-state index contributed by atoms with van der Waals surface area (Å²) in [5, 5.41) is -0.875. The molecule has 3 rings (SSSR count). The summed E-state index contributed by atoms with van der Waals surface area (Å²) in [5.41, 5.74) is 1.26. The van der Waals surface area contributed by atoms with Crippen LogP contribution in [0.4, 0.5) is 10.5 Å². The topological polar surface area (TPSA) is 63.7 Å². The Balaban J connectivity index is 1.97. The molecule has 108 valence electrons. The van der Waals surface area contributed by atoms with E-state index in [1.165, 1.54) is 11.0 Å². The Morgan fingerprint density at radius 2 is 1.71 bits per heavy atom. The molecule has 1 heterocycles. The summed E-state index contributed by atoms with van der Waals surface area (Å²) in [7, 11) is -2.33. The van der Waals surface area contributed by atoms with Gasteiger partial charge in [0.2, 0.25) is 0 Å². The number of ether oxygens (including phenoxy) is 1. The Morgan fingerprint density at radius 1 is 1.05 bits per heavy atom. The highest BCUT2D eigenvalue weighted by Gasteiger charge is 2.41. The number of amides is 1. The minimum Gasteiger partial charge on any atom is -0.497 e. The molecule has 0 aliphatic carbocycles. The molecule has 0 atom stereocenters. The van der Waals surface area contributed by atoms with Crippen LogP contribution in [0.25, 0.3) is 0 Å². The van der Waals surface area contributed by atoms with Crippen molar-refractivity contribution >= 4 is 20.8 Å². The summed E-state index contributed by atoms with van der Waals surface area (Å²) in [6.45, 7) is 0.207. The maximum atomic E-state index is 12.1. The Labute approximate surface area is 122 Å². The van der Waals surface area contributed by atoms with Gasteiger partial charge in [-0.1, -0.05) is 24.3 Å². The second-order valence-electron chi connectivity index (χ2n) is 4.67. The van der Waals surface area contributed by atoms with Crippen LogP contribution in [0, 0.1) is 0 Å². The van der Waals surface area contributed by atoms with Gasteiger partial charge in [-0.3, -0.25) is 9.69 Å². The molecule has 1 aliphatic rings. The molecule has 6 heteroatoms. The van der Waals surface area contributed by atoms with Crippen molar-refractivity contribution in [2.45, 2.75) is 11.4 Å². The van der Waals surface area contributed by atoms with Crippen molar-refractivity contribution in [3.63, 3.8) is 0 Å². The first-order chi connectivity index (χ1) is 10.0. The van der Waals surface area contributed by atoms with E-state index in [2.05, 4.69) is 0 Å². The third-order valence-corrected chi connectivity index (χ3v) is 5.00. The number of fused-ring (bicyclic) bond motifs is 1. The lowest BCUT2D eigenvalue weighted by Crippen LogP contribution is -2.27. The van der Waals surface area contributed by atoms with Gasteiger partial charge in [0.1, 0.15) is 10.6 Å². The van der Waals surface area contributed by atoms with E-state index in [4.69, 9.17) is 4.74 Å². The molecule has 0 saturated carbocycles. The average molecular weight is 303 g/mol. The highest BCUT2D eigenvalue weighted by Crippen LogP contribution is 2.36. The zero-order valence-corrected chi connectivity index (χ0v) is 12.1. The number of methoxy groups -OCH3 is 1. The minimum absolute atomic E-state index is 0.0727. The van der Waals surface area contributed by atoms with Crippen molar-refractivity contribution in [2.24, 2.45) is 0 Å². The molecule has 0 fully saturated rings. The second kappa shape index (κ2) is 4.89. The highest BCUT2D eigenvalue weighted by molar-refractivity contribution is 8.07. The molecule has 1 amide bonds. The lowest BCUT2D eigenvalue weighted by molar-refractivity contribution is 0.263. The van der Waals surface area contributed by atoms with Crippen molar-refractivity contribution < 1.29 is 17.9 Å². The number of hydrogen-bond acceptors (Lipinski definition) is 4. The van der Waals surface area contributed by atoms with Crippen LogP contribution >= 0.6 is 0 Å². The number of sulfone groups is 1. The predicted molar refractivity (Wildman–Crippen MR) is 78.2 cm³/mol. The number of rotatable bonds is 3. The van der Waals surface area contributed by atoms with E-state index in [0.29, 0.717) is 11.4 Å². The van der Waals surface area contributed by atoms with Gasteiger partial charge in [0.25, 0.3) is 9.84 Å². The highest BCUT2D eigenvalue weighted by atomic mass is 32.2. The van der Waals surface area contributed by atoms with Crippen LogP contribution in [0.3, 0.4) is 0 Å². The Bertz CT molecular complexity index is 797. The number of benzene rings is 2. The van der Waals surface area contributed by atoms with Gasteiger partial charge in [0.05, 0.1) is 19.3 Å². The van der Waals surface area contributed by atoms with Gasteiger partial charge in [-0.05, 0) is 29.8 Å². The largest absolute Gasteiger partial charge is 0.497 e. The van der Waals surface area contributed by atoms with Crippen LogP contribution in [0.5, 0.6) is 5.75 Å². The summed E-state index contributed by atoms with van der Waals surface area (Å²) < 4.78 is 29.2. The molecule has 0 N–H and O–H groups in total. The molecule has 0 unspecified atom stereocenters. The summed E-state index contributed by atoms with van der Waals surface area (Å²) in [5.74, 6) is 0.708. The number of hydrogen-bond donors (Lipinski definition) is 0. The Morgan fingerprint density at radius 3 is 2.38 bits per heavy atom. The lowest BCUT2D eigenvalue weighted by Gasteiger charge is -2.15. The van der Waals surface area contributed by atoms with E-state index in [-0.39, 0.29) is 11.4 Å². The van der Waals surface area contributed by atoms with E-state index in [1.807, 2.05) is 0 Å².